The second-order valence-electron chi connectivity index (χ2n) is 9.21. The minimum atomic E-state index is -0.137. The zero-order valence-corrected chi connectivity index (χ0v) is 16.6. The Balaban J connectivity index is 1.27. The molecule has 0 aromatic carbocycles. The summed E-state index contributed by atoms with van der Waals surface area (Å²) in [6.45, 7) is 5.04. The van der Waals surface area contributed by atoms with Crippen LogP contribution in [0.3, 0.4) is 0 Å². The van der Waals surface area contributed by atoms with Crippen LogP contribution in [0.5, 0.6) is 0 Å². The molecule has 148 valence electrons. The lowest BCUT2D eigenvalue weighted by Gasteiger charge is -2.41. The summed E-state index contributed by atoms with van der Waals surface area (Å²) < 4.78 is 2.39. The van der Waals surface area contributed by atoms with Gasteiger partial charge < -0.3 is 14.8 Å². The average Bonchev–Trinajstić information content (AvgIpc) is 3.39. The van der Waals surface area contributed by atoms with Crippen molar-refractivity contribution < 1.29 is 4.79 Å². The van der Waals surface area contributed by atoms with Gasteiger partial charge >= 0.3 is 0 Å². The Kier molecular flexibility index (Phi) is 4.49. The standard InChI is InChI=1S/C21H33N5O/c1-2-21(14-16-7-8-17(21)22-16)20(27)25-12-9-15(10-13-25)19-24-23-18-6-4-3-5-11-26(18)19/h15-17,22H,2-14H2,1H3/t16-,17+,21+/m0/s1. The van der Waals surface area contributed by atoms with E-state index in [9.17, 15) is 4.79 Å². The third-order valence-corrected chi connectivity index (χ3v) is 7.86. The van der Waals surface area contributed by atoms with Crippen LogP contribution in [0, 0.1) is 5.41 Å². The maximum Gasteiger partial charge on any atom is 0.230 e. The summed E-state index contributed by atoms with van der Waals surface area (Å²) in [7, 11) is 0. The Labute approximate surface area is 162 Å². The number of aryl methyl sites for hydroxylation is 1. The number of nitrogens with zero attached hydrogens (tertiary/aromatic N) is 4. The maximum atomic E-state index is 13.5. The molecule has 0 unspecified atom stereocenters. The molecule has 1 aromatic rings. The van der Waals surface area contributed by atoms with Crippen LogP contribution in [0.4, 0.5) is 0 Å². The van der Waals surface area contributed by atoms with E-state index in [1.165, 1.54) is 43.8 Å². The van der Waals surface area contributed by atoms with E-state index in [1.54, 1.807) is 0 Å². The number of fused-ring (bicyclic) bond motifs is 3. The van der Waals surface area contributed by atoms with Crippen LogP contribution in [0.25, 0.3) is 0 Å². The van der Waals surface area contributed by atoms with Crippen LogP contribution < -0.4 is 5.32 Å². The molecule has 0 aliphatic carbocycles. The van der Waals surface area contributed by atoms with Gasteiger partial charge in [-0.3, -0.25) is 4.79 Å². The average molecular weight is 372 g/mol. The smallest absolute Gasteiger partial charge is 0.230 e. The summed E-state index contributed by atoms with van der Waals surface area (Å²) in [5.41, 5.74) is -0.137. The minimum absolute atomic E-state index is 0.137. The fraction of sp³-hybridized carbons (Fsp3) is 0.857. The van der Waals surface area contributed by atoms with E-state index in [-0.39, 0.29) is 5.41 Å². The molecule has 5 heterocycles. The van der Waals surface area contributed by atoms with Gasteiger partial charge in [0.15, 0.2) is 0 Å². The van der Waals surface area contributed by atoms with E-state index in [4.69, 9.17) is 0 Å². The first-order valence-electron chi connectivity index (χ1n) is 11.2. The van der Waals surface area contributed by atoms with Gasteiger partial charge in [0.05, 0.1) is 5.41 Å². The number of nitrogens with one attached hydrogen (secondary N) is 1. The number of hydrogen-bond donors (Lipinski definition) is 1. The van der Waals surface area contributed by atoms with E-state index in [0.717, 1.165) is 51.7 Å². The van der Waals surface area contributed by atoms with Crippen molar-refractivity contribution in [1.82, 2.24) is 25.0 Å². The van der Waals surface area contributed by atoms with Gasteiger partial charge in [0.1, 0.15) is 11.6 Å². The molecule has 3 atom stereocenters. The Morgan fingerprint density at radius 1 is 1.11 bits per heavy atom. The third-order valence-electron chi connectivity index (χ3n) is 7.86. The highest BCUT2D eigenvalue weighted by molar-refractivity contribution is 5.84. The van der Waals surface area contributed by atoms with Crippen LogP contribution >= 0.6 is 0 Å². The van der Waals surface area contributed by atoms with Gasteiger partial charge in [0.25, 0.3) is 0 Å². The van der Waals surface area contributed by atoms with Crippen molar-refractivity contribution in [3.63, 3.8) is 0 Å². The predicted octanol–water partition coefficient (Wildman–Crippen LogP) is 2.63. The second kappa shape index (κ2) is 6.87. The van der Waals surface area contributed by atoms with Crippen LogP contribution in [-0.4, -0.2) is 50.7 Å². The molecule has 2 bridgehead atoms. The summed E-state index contributed by atoms with van der Waals surface area (Å²) in [6, 6.07) is 0.980. The molecular formula is C21H33N5O. The molecule has 4 aliphatic heterocycles. The molecule has 5 rings (SSSR count). The van der Waals surface area contributed by atoms with Gasteiger partial charge in [0.2, 0.25) is 5.91 Å². The molecule has 0 radical (unpaired) electrons. The lowest BCUT2D eigenvalue weighted by atomic mass is 9.70. The van der Waals surface area contributed by atoms with Crippen LogP contribution in [0.15, 0.2) is 0 Å². The molecule has 0 saturated carbocycles. The first-order valence-corrected chi connectivity index (χ1v) is 11.2. The monoisotopic (exact) mass is 371 g/mol. The zero-order chi connectivity index (χ0) is 18.4. The van der Waals surface area contributed by atoms with E-state index in [0.29, 0.717) is 23.9 Å². The lowest BCUT2D eigenvalue weighted by molar-refractivity contribution is -0.145. The van der Waals surface area contributed by atoms with E-state index >= 15 is 0 Å². The Morgan fingerprint density at radius 3 is 2.67 bits per heavy atom. The zero-order valence-electron chi connectivity index (χ0n) is 16.6. The van der Waals surface area contributed by atoms with E-state index in [1.807, 2.05) is 0 Å². The van der Waals surface area contributed by atoms with Gasteiger partial charge in [-0.1, -0.05) is 13.3 Å². The Morgan fingerprint density at radius 2 is 1.96 bits per heavy atom. The van der Waals surface area contributed by atoms with Crippen molar-refractivity contribution in [1.29, 1.82) is 0 Å². The Hall–Kier alpha value is -1.43. The van der Waals surface area contributed by atoms with Crippen LogP contribution in [-0.2, 0) is 17.8 Å². The summed E-state index contributed by atoms with van der Waals surface area (Å²) >= 11 is 0. The van der Waals surface area contributed by atoms with Gasteiger partial charge in [0, 0.05) is 44.1 Å². The summed E-state index contributed by atoms with van der Waals surface area (Å²) in [5.74, 6) is 3.25. The number of likely N-dealkylation sites (tertiary alicyclic amines) is 1. The largest absolute Gasteiger partial charge is 0.342 e. The number of amides is 1. The predicted molar refractivity (Wildman–Crippen MR) is 103 cm³/mol. The van der Waals surface area contributed by atoms with E-state index < -0.39 is 0 Å². The fourth-order valence-corrected chi connectivity index (χ4v) is 6.24. The maximum absolute atomic E-state index is 13.5. The van der Waals surface area contributed by atoms with Gasteiger partial charge in [-0.05, 0) is 51.4 Å². The first kappa shape index (κ1) is 17.7. The molecule has 1 aromatic heterocycles. The van der Waals surface area contributed by atoms with Gasteiger partial charge in [-0.25, -0.2) is 0 Å². The van der Waals surface area contributed by atoms with Crippen LogP contribution in [0.2, 0.25) is 0 Å². The van der Waals surface area contributed by atoms with E-state index in [2.05, 4.69) is 31.9 Å². The molecule has 0 spiro atoms. The molecule has 1 N–H and O–H groups in total. The first-order chi connectivity index (χ1) is 13.2. The van der Waals surface area contributed by atoms with Crippen molar-refractivity contribution >= 4 is 5.91 Å². The summed E-state index contributed by atoms with van der Waals surface area (Å²) in [5, 5.41) is 12.7. The molecule has 6 heteroatoms. The Bertz CT molecular complexity index is 707. The fourth-order valence-electron chi connectivity index (χ4n) is 6.24. The lowest BCUT2D eigenvalue weighted by Crippen LogP contribution is -2.52. The number of piperidine rings is 1. The normalized spacial score (nSPS) is 33.9. The third kappa shape index (κ3) is 2.82. The van der Waals surface area contributed by atoms with Gasteiger partial charge in [-0.2, -0.15) is 0 Å². The highest BCUT2D eigenvalue weighted by Gasteiger charge is 2.55. The highest BCUT2D eigenvalue weighted by Crippen LogP contribution is 2.47. The summed E-state index contributed by atoms with van der Waals surface area (Å²) in [6.07, 6.45) is 11.3. The van der Waals surface area contributed by atoms with Crippen molar-refractivity contribution in [2.45, 2.75) is 95.7 Å². The minimum Gasteiger partial charge on any atom is -0.342 e. The SMILES string of the molecule is CC[C@@]1(C(=O)N2CCC(c3nnc4n3CCCCC4)CC2)C[C@@H]2CC[C@H]1N2. The second-order valence-corrected chi connectivity index (χ2v) is 9.21. The van der Waals surface area contributed by atoms with Crippen molar-refractivity contribution in [2.24, 2.45) is 5.41 Å². The van der Waals surface area contributed by atoms with Crippen LogP contribution in [0.1, 0.15) is 82.3 Å². The number of aromatic nitrogens is 3. The van der Waals surface area contributed by atoms with Crippen molar-refractivity contribution in [3.8, 4) is 0 Å². The molecule has 1 amide bonds. The van der Waals surface area contributed by atoms with Crippen molar-refractivity contribution in [3.05, 3.63) is 11.6 Å². The number of carbonyl (C=O) groups excluding carboxylic acids is 1. The number of hydrogen-bond acceptors (Lipinski definition) is 4. The highest BCUT2D eigenvalue weighted by atomic mass is 16.2. The number of rotatable bonds is 3. The molecule has 6 nitrogen and oxygen atoms in total. The number of carbonyl (C=O) groups is 1. The topological polar surface area (TPSA) is 63.1 Å². The summed E-state index contributed by atoms with van der Waals surface area (Å²) in [4.78, 5) is 15.6. The van der Waals surface area contributed by atoms with Crippen molar-refractivity contribution in [2.75, 3.05) is 13.1 Å². The molecule has 27 heavy (non-hydrogen) atoms. The molecular weight excluding hydrogens is 338 g/mol. The molecule has 4 aliphatic rings. The molecule has 3 saturated heterocycles. The van der Waals surface area contributed by atoms with Gasteiger partial charge in [-0.15, -0.1) is 10.2 Å². The molecule has 3 fully saturated rings. The quantitative estimate of drug-likeness (QED) is 0.887.